The Labute approximate surface area is 213 Å². The van der Waals surface area contributed by atoms with Crippen molar-refractivity contribution in [1.82, 2.24) is 0 Å². The van der Waals surface area contributed by atoms with Gasteiger partial charge in [0.15, 0.2) is 36.7 Å². The van der Waals surface area contributed by atoms with Crippen molar-refractivity contribution >= 4 is 23.9 Å². The standard InChI is InChI=1S/C23H32O14/c1-9(24)28-7-13-15(30-10(2)25)17(31-11(3)26)19(32-12(4)27)22(34-13)35-16-14-8-29-21(33-14)20-18(16)36-23(5,6)37-20/h13-22H,7-8H2,1-6H3. The van der Waals surface area contributed by atoms with E-state index < -0.39 is 91.1 Å². The Morgan fingerprint density at radius 3 is 1.97 bits per heavy atom. The van der Waals surface area contributed by atoms with E-state index in [-0.39, 0.29) is 13.2 Å². The first-order valence-corrected chi connectivity index (χ1v) is 11.9. The van der Waals surface area contributed by atoms with Crippen molar-refractivity contribution in [2.24, 2.45) is 0 Å². The molecule has 0 saturated carbocycles. The molecule has 208 valence electrons. The van der Waals surface area contributed by atoms with Crippen LogP contribution in [0.2, 0.25) is 0 Å². The van der Waals surface area contributed by atoms with E-state index in [2.05, 4.69) is 0 Å². The minimum atomic E-state index is -1.38. The zero-order valence-corrected chi connectivity index (χ0v) is 21.4. The van der Waals surface area contributed by atoms with Gasteiger partial charge in [0.05, 0.1) is 6.61 Å². The number of rotatable bonds is 7. The van der Waals surface area contributed by atoms with Crippen LogP contribution in [0.5, 0.6) is 0 Å². The number of carbonyl (C=O) groups excluding carboxylic acids is 4. The van der Waals surface area contributed by atoms with Crippen LogP contribution >= 0.6 is 0 Å². The molecular formula is C23H32O14. The van der Waals surface area contributed by atoms with Crippen LogP contribution in [0.25, 0.3) is 0 Å². The second kappa shape index (κ2) is 10.8. The van der Waals surface area contributed by atoms with Crippen molar-refractivity contribution in [1.29, 1.82) is 0 Å². The summed E-state index contributed by atoms with van der Waals surface area (Å²) in [5, 5.41) is 0. The number of hydrogen-bond donors (Lipinski definition) is 0. The van der Waals surface area contributed by atoms with Crippen LogP contribution in [0.4, 0.5) is 0 Å². The minimum Gasteiger partial charge on any atom is -0.463 e. The van der Waals surface area contributed by atoms with Gasteiger partial charge in [0.1, 0.15) is 37.1 Å². The summed E-state index contributed by atoms with van der Waals surface area (Å²) in [6.07, 6.45) is -9.79. The van der Waals surface area contributed by atoms with Gasteiger partial charge in [-0.2, -0.15) is 0 Å². The van der Waals surface area contributed by atoms with Crippen molar-refractivity contribution in [3.8, 4) is 0 Å². The van der Waals surface area contributed by atoms with Crippen LogP contribution in [0.3, 0.4) is 0 Å². The Morgan fingerprint density at radius 1 is 0.757 bits per heavy atom. The molecule has 0 spiro atoms. The Bertz CT molecular complexity index is 904. The van der Waals surface area contributed by atoms with Crippen molar-refractivity contribution < 1.29 is 66.5 Å². The molecule has 4 saturated heterocycles. The normalized spacial score (nSPS) is 39.8. The van der Waals surface area contributed by atoms with Crippen LogP contribution in [-0.2, 0) is 66.5 Å². The number of ether oxygens (including phenoxy) is 10. The lowest BCUT2D eigenvalue weighted by molar-refractivity contribution is -0.335. The molecule has 4 rings (SSSR count). The van der Waals surface area contributed by atoms with E-state index in [1.807, 2.05) is 0 Å². The van der Waals surface area contributed by atoms with Gasteiger partial charge in [-0.15, -0.1) is 0 Å². The van der Waals surface area contributed by atoms with Crippen molar-refractivity contribution in [3.63, 3.8) is 0 Å². The zero-order valence-electron chi connectivity index (χ0n) is 21.4. The highest BCUT2D eigenvalue weighted by Gasteiger charge is 2.61. The first-order chi connectivity index (χ1) is 17.3. The largest absolute Gasteiger partial charge is 0.463 e. The van der Waals surface area contributed by atoms with Crippen molar-refractivity contribution in [2.75, 3.05) is 13.2 Å². The summed E-state index contributed by atoms with van der Waals surface area (Å²) < 4.78 is 57.4. The summed E-state index contributed by atoms with van der Waals surface area (Å²) in [6, 6.07) is 0. The molecule has 4 aliphatic heterocycles. The molecule has 0 aliphatic carbocycles. The molecule has 14 nitrogen and oxygen atoms in total. The van der Waals surface area contributed by atoms with Crippen LogP contribution in [0.15, 0.2) is 0 Å². The third kappa shape index (κ3) is 6.21. The van der Waals surface area contributed by atoms with Gasteiger partial charge in [0.2, 0.25) is 0 Å². The highest BCUT2D eigenvalue weighted by atomic mass is 16.8. The molecule has 10 atom stereocenters. The summed E-state index contributed by atoms with van der Waals surface area (Å²) >= 11 is 0. The number of esters is 4. The third-order valence-electron chi connectivity index (χ3n) is 6.10. The van der Waals surface area contributed by atoms with Gasteiger partial charge in [0.25, 0.3) is 0 Å². The molecule has 2 bridgehead atoms. The number of carbonyl (C=O) groups is 4. The molecule has 0 aromatic rings. The zero-order chi connectivity index (χ0) is 27.1. The fourth-order valence-corrected chi connectivity index (χ4v) is 4.90. The van der Waals surface area contributed by atoms with Crippen molar-refractivity contribution in [2.45, 2.75) is 109 Å². The second-order valence-electron chi connectivity index (χ2n) is 9.61. The summed E-state index contributed by atoms with van der Waals surface area (Å²) in [4.78, 5) is 47.5. The molecule has 14 heteroatoms. The van der Waals surface area contributed by atoms with E-state index in [4.69, 9.17) is 47.4 Å². The highest BCUT2D eigenvalue weighted by molar-refractivity contribution is 5.68. The van der Waals surface area contributed by atoms with E-state index in [9.17, 15) is 19.2 Å². The summed E-state index contributed by atoms with van der Waals surface area (Å²) in [6.45, 7) is 7.93. The molecular weight excluding hydrogens is 500 g/mol. The van der Waals surface area contributed by atoms with Crippen LogP contribution in [-0.4, -0.2) is 104 Å². The lowest BCUT2D eigenvalue weighted by Crippen LogP contribution is -2.65. The maximum Gasteiger partial charge on any atom is 0.303 e. The van der Waals surface area contributed by atoms with Crippen molar-refractivity contribution in [3.05, 3.63) is 0 Å². The monoisotopic (exact) mass is 532 g/mol. The van der Waals surface area contributed by atoms with E-state index in [1.165, 1.54) is 6.92 Å². The Hall–Kier alpha value is -2.36. The molecule has 0 aromatic carbocycles. The smallest absolute Gasteiger partial charge is 0.303 e. The third-order valence-corrected chi connectivity index (χ3v) is 6.10. The van der Waals surface area contributed by atoms with Crippen LogP contribution in [0.1, 0.15) is 41.5 Å². The van der Waals surface area contributed by atoms with Crippen LogP contribution < -0.4 is 0 Å². The number of hydrogen-bond acceptors (Lipinski definition) is 14. The molecule has 10 unspecified atom stereocenters. The topological polar surface area (TPSA) is 161 Å². The van der Waals surface area contributed by atoms with Gasteiger partial charge >= 0.3 is 23.9 Å². The average Bonchev–Trinajstić information content (AvgIpc) is 3.35. The predicted octanol–water partition coefficient (Wildman–Crippen LogP) is -0.270. The number of fused-ring (bicyclic) bond motifs is 4. The quantitative estimate of drug-likeness (QED) is 0.311. The van der Waals surface area contributed by atoms with E-state index in [1.54, 1.807) is 13.8 Å². The molecule has 4 aliphatic rings. The van der Waals surface area contributed by atoms with E-state index in [0.29, 0.717) is 0 Å². The first-order valence-electron chi connectivity index (χ1n) is 11.9. The maximum absolute atomic E-state index is 12.1. The lowest BCUT2D eigenvalue weighted by atomic mass is 9.97. The fraction of sp³-hybridized carbons (Fsp3) is 0.826. The lowest BCUT2D eigenvalue weighted by Gasteiger charge is -2.46. The summed E-state index contributed by atoms with van der Waals surface area (Å²) in [5.74, 6) is -3.77. The summed E-state index contributed by atoms with van der Waals surface area (Å²) in [7, 11) is 0. The molecule has 4 heterocycles. The molecule has 0 N–H and O–H groups in total. The molecule has 4 fully saturated rings. The first kappa shape index (κ1) is 27.7. The average molecular weight is 532 g/mol. The summed E-state index contributed by atoms with van der Waals surface area (Å²) in [5.41, 5.74) is 0. The predicted molar refractivity (Wildman–Crippen MR) is 115 cm³/mol. The van der Waals surface area contributed by atoms with Gasteiger partial charge in [-0.05, 0) is 13.8 Å². The SMILES string of the molecule is CC(=O)OCC1OC(OC2C3COC(O3)C3OC(C)(C)OC23)C(OC(C)=O)C(OC(C)=O)C1OC(C)=O. The fourth-order valence-electron chi connectivity index (χ4n) is 4.90. The van der Waals surface area contributed by atoms with E-state index in [0.717, 1.165) is 20.8 Å². The van der Waals surface area contributed by atoms with Gasteiger partial charge in [-0.25, -0.2) is 0 Å². The van der Waals surface area contributed by atoms with Gasteiger partial charge in [-0.1, -0.05) is 0 Å². The Balaban J connectivity index is 1.66. The highest BCUT2D eigenvalue weighted by Crippen LogP contribution is 2.43. The van der Waals surface area contributed by atoms with E-state index >= 15 is 0 Å². The van der Waals surface area contributed by atoms with Gasteiger partial charge < -0.3 is 47.4 Å². The Morgan fingerprint density at radius 2 is 1.35 bits per heavy atom. The molecule has 0 aromatic heterocycles. The second-order valence-corrected chi connectivity index (χ2v) is 9.61. The maximum atomic E-state index is 12.1. The Kier molecular flexibility index (Phi) is 8.07. The minimum absolute atomic E-state index is 0.181. The molecule has 37 heavy (non-hydrogen) atoms. The van der Waals surface area contributed by atoms with Gasteiger partial charge in [-0.3, -0.25) is 19.2 Å². The van der Waals surface area contributed by atoms with Gasteiger partial charge in [0, 0.05) is 27.7 Å². The molecule has 0 amide bonds. The molecule has 0 radical (unpaired) electrons. The van der Waals surface area contributed by atoms with Crippen LogP contribution in [0, 0.1) is 0 Å².